The monoisotopic (exact) mass is 185 g/mol. The van der Waals surface area contributed by atoms with Crippen LogP contribution in [0.4, 0.5) is 0 Å². The fourth-order valence-electron chi connectivity index (χ4n) is 2.22. The maximum absolute atomic E-state index is 9.35. The SMILES string of the molecule is OC1CCN(CC2CCCCO2)C1. The van der Waals surface area contributed by atoms with Crippen LogP contribution >= 0.6 is 0 Å². The number of aliphatic hydroxyl groups excluding tert-OH is 1. The third-order valence-electron chi connectivity index (χ3n) is 2.98. The van der Waals surface area contributed by atoms with Gasteiger partial charge in [0.1, 0.15) is 0 Å². The highest BCUT2D eigenvalue weighted by Crippen LogP contribution is 2.16. The molecule has 0 aromatic rings. The van der Waals surface area contributed by atoms with E-state index in [0.717, 1.165) is 32.7 Å². The Kier molecular flexibility index (Phi) is 3.19. The van der Waals surface area contributed by atoms with E-state index in [9.17, 15) is 5.11 Å². The summed E-state index contributed by atoms with van der Waals surface area (Å²) in [6.07, 6.45) is 5.00. The summed E-state index contributed by atoms with van der Waals surface area (Å²) in [5.41, 5.74) is 0. The molecule has 0 saturated carbocycles. The van der Waals surface area contributed by atoms with Gasteiger partial charge in [0, 0.05) is 26.2 Å². The minimum atomic E-state index is -0.0939. The summed E-state index contributed by atoms with van der Waals surface area (Å²) in [5.74, 6) is 0. The van der Waals surface area contributed by atoms with Crippen LogP contribution in [0.3, 0.4) is 0 Å². The second-order valence-electron chi connectivity index (χ2n) is 4.19. The van der Waals surface area contributed by atoms with Crippen LogP contribution in [-0.4, -0.2) is 48.5 Å². The van der Waals surface area contributed by atoms with Crippen molar-refractivity contribution in [3.63, 3.8) is 0 Å². The molecule has 0 aromatic heterocycles. The first-order chi connectivity index (χ1) is 6.34. The summed E-state index contributed by atoms with van der Waals surface area (Å²) in [4.78, 5) is 2.32. The van der Waals surface area contributed by atoms with Gasteiger partial charge < -0.3 is 9.84 Å². The topological polar surface area (TPSA) is 32.7 Å². The average molecular weight is 185 g/mol. The van der Waals surface area contributed by atoms with Gasteiger partial charge in [-0.05, 0) is 25.7 Å². The Balaban J connectivity index is 1.71. The molecule has 2 heterocycles. The van der Waals surface area contributed by atoms with Crippen LogP contribution in [0.1, 0.15) is 25.7 Å². The van der Waals surface area contributed by atoms with Gasteiger partial charge >= 0.3 is 0 Å². The second kappa shape index (κ2) is 4.40. The Morgan fingerprint density at radius 2 is 2.23 bits per heavy atom. The van der Waals surface area contributed by atoms with Crippen LogP contribution in [0.15, 0.2) is 0 Å². The summed E-state index contributed by atoms with van der Waals surface area (Å²) in [5, 5.41) is 9.35. The number of aliphatic hydroxyl groups is 1. The van der Waals surface area contributed by atoms with Gasteiger partial charge in [0.05, 0.1) is 12.2 Å². The van der Waals surface area contributed by atoms with Gasteiger partial charge in [-0.25, -0.2) is 0 Å². The first-order valence-corrected chi connectivity index (χ1v) is 5.36. The third kappa shape index (κ3) is 2.66. The van der Waals surface area contributed by atoms with Crippen molar-refractivity contribution in [2.75, 3.05) is 26.2 Å². The largest absolute Gasteiger partial charge is 0.392 e. The summed E-state index contributed by atoms with van der Waals surface area (Å²) >= 11 is 0. The molecular formula is C10H19NO2. The van der Waals surface area contributed by atoms with Crippen molar-refractivity contribution in [1.82, 2.24) is 4.90 Å². The zero-order valence-electron chi connectivity index (χ0n) is 8.11. The predicted octanol–water partition coefficient (Wildman–Crippen LogP) is 0.622. The van der Waals surface area contributed by atoms with E-state index in [1.807, 2.05) is 0 Å². The van der Waals surface area contributed by atoms with E-state index < -0.39 is 0 Å². The van der Waals surface area contributed by atoms with Crippen LogP contribution in [0.2, 0.25) is 0 Å². The normalized spacial score (nSPS) is 36.7. The molecule has 0 aliphatic carbocycles. The van der Waals surface area contributed by atoms with Crippen molar-refractivity contribution < 1.29 is 9.84 Å². The van der Waals surface area contributed by atoms with E-state index in [4.69, 9.17) is 4.74 Å². The van der Waals surface area contributed by atoms with Crippen LogP contribution in [-0.2, 0) is 4.74 Å². The van der Waals surface area contributed by atoms with Gasteiger partial charge in [-0.3, -0.25) is 4.90 Å². The van der Waals surface area contributed by atoms with E-state index in [0.29, 0.717) is 6.10 Å². The van der Waals surface area contributed by atoms with E-state index in [1.165, 1.54) is 19.3 Å². The zero-order valence-corrected chi connectivity index (χ0v) is 8.11. The number of rotatable bonds is 2. The molecule has 0 radical (unpaired) electrons. The highest BCUT2D eigenvalue weighted by atomic mass is 16.5. The van der Waals surface area contributed by atoms with Gasteiger partial charge in [0.15, 0.2) is 0 Å². The van der Waals surface area contributed by atoms with Gasteiger partial charge in [-0.1, -0.05) is 0 Å². The Morgan fingerprint density at radius 1 is 1.31 bits per heavy atom. The first-order valence-electron chi connectivity index (χ1n) is 5.36. The molecule has 0 spiro atoms. The summed E-state index contributed by atoms with van der Waals surface area (Å²) in [7, 11) is 0. The van der Waals surface area contributed by atoms with E-state index in [-0.39, 0.29) is 6.10 Å². The number of ether oxygens (including phenoxy) is 1. The predicted molar refractivity (Wildman–Crippen MR) is 50.7 cm³/mol. The molecule has 3 nitrogen and oxygen atoms in total. The van der Waals surface area contributed by atoms with Crippen molar-refractivity contribution in [2.45, 2.75) is 37.9 Å². The Labute approximate surface area is 79.7 Å². The Morgan fingerprint density at radius 3 is 2.85 bits per heavy atom. The lowest BCUT2D eigenvalue weighted by Gasteiger charge is -2.26. The molecule has 2 aliphatic rings. The minimum Gasteiger partial charge on any atom is -0.392 e. The van der Waals surface area contributed by atoms with E-state index >= 15 is 0 Å². The lowest BCUT2D eigenvalue weighted by Crippen LogP contribution is -2.34. The van der Waals surface area contributed by atoms with Crippen LogP contribution < -0.4 is 0 Å². The average Bonchev–Trinajstić information content (AvgIpc) is 2.53. The second-order valence-corrected chi connectivity index (χ2v) is 4.19. The van der Waals surface area contributed by atoms with Crippen molar-refractivity contribution in [3.8, 4) is 0 Å². The fourth-order valence-corrected chi connectivity index (χ4v) is 2.22. The standard InChI is InChI=1S/C10H19NO2/c12-9-4-5-11(7-9)8-10-3-1-2-6-13-10/h9-10,12H,1-8H2. The molecule has 0 aromatic carbocycles. The first kappa shape index (κ1) is 9.44. The number of β-amino-alcohol motifs (C(OH)–C–C–N with tert-alkyl or cyclic N) is 1. The molecule has 1 N–H and O–H groups in total. The van der Waals surface area contributed by atoms with Crippen molar-refractivity contribution in [1.29, 1.82) is 0 Å². The van der Waals surface area contributed by atoms with E-state index in [2.05, 4.69) is 4.90 Å². The molecule has 0 amide bonds. The van der Waals surface area contributed by atoms with Gasteiger partial charge in [0.2, 0.25) is 0 Å². The van der Waals surface area contributed by atoms with Gasteiger partial charge in [-0.2, -0.15) is 0 Å². The number of hydrogen-bond donors (Lipinski definition) is 1. The summed E-state index contributed by atoms with van der Waals surface area (Å²) in [6, 6.07) is 0. The maximum Gasteiger partial charge on any atom is 0.0702 e. The molecule has 2 rings (SSSR count). The Hall–Kier alpha value is -0.120. The number of hydrogen-bond acceptors (Lipinski definition) is 3. The molecule has 76 valence electrons. The smallest absolute Gasteiger partial charge is 0.0702 e. The zero-order chi connectivity index (χ0) is 9.10. The molecular weight excluding hydrogens is 166 g/mol. The summed E-state index contributed by atoms with van der Waals surface area (Å²) in [6.45, 7) is 3.85. The molecule has 2 fully saturated rings. The highest BCUT2D eigenvalue weighted by Gasteiger charge is 2.24. The van der Waals surface area contributed by atoms with E-state index in [1.54, 1.807) is 0 Å². The quantitative estimate of drug-likeness (QED) is 0.684. The van der Waals surface area contributed by atoms with Crippen molar-refractivity contribution in [2.24, 2.45) is 0 Å². The molecule has 2 saturated heterocycles. The maximum atomic E-state index is 9.35. The lowest BCUT2D eigenvalue weighted by molar-refractivity contribution is -0.00348. The molecule has 0 bridgehead atoms. The molecule has 2 atom stereocenters. The van der Waals surface area contributed by atoms with Gasteiger partial charge in [-0.15, -0.1) is 0 Å². The lowest BCUT2D eigenvalue weighted by atomic mass is 10.1. The van der Waals surface area contributed by atoms with Crippen LogP contribution in [0.5, 0.6) is 0 Å². The molecule has 2 unspecified atom stereocenters. The molecule has 2 aliphatic heterocycles. The van der Waals surface area contributed by atoms with Crippen LogP contribution in [0, 0.1) is 0 Å². The Bertz CT molecular complexity index is 154. The van der Waals surface area contributed by atoms with Crippen LogP contribution in [0.25, 0.3) is 0 Å². The molecule has 3 heteroatoms. The third-order valence-corrected chi connectivity index (χ3v) is 2.98. The summed E-state index contributed by atoms with van der Waals surface area (Å²) < 4.78 is 5.65. The number of nitrogens with zero attached hydrogens (tertiary/aromatic N) is 1. The minimum absolute atomic E-state index is 0.0939. The van der Waals surface area contributed by atoms with Gasteiger partial charge in [0.25, 0.3) is 0 Å². The highest BCUT2D eigenvalue weighted by molar-refractivity contribution is 4.77. The molecule has 13 heavy (non-hydrogen) atoms. The fraction of sp³-hybridized carbons (Fsp3) is 1.00. The number of likely N-dealkylation sites (tertiary alicyclic amines) is 1. The van der Waals surface area contributed by atoms with Crippen molar-refractivity contribution >= 4 is 0 Å². The van der Waals surface area contributed by atoms with Crippen molar-refractivity contribution in [3.05, 3.63) is 0 Å².